The van der Waals surface area contributed by atoms with Crippen LogP contribution in [0.1, 0.15) is 5.69 Å². The van der Waals surface area contributed by atoms with Crippen LogP contribution < -0.4 is 0 Å². The number of thioether (sulfide) groups is 1. The van der Waals surface area contributed by atoms with Gasteiger partial charge in [0.15, 0.2) is 15.0 Å². The van der Waals surface area contributed by atoms with E-state index >= 15 is 0 Å². The Bertz CT molecular complexity index is 764. The Morgan fingerprint density at radius 1 is 1.33 bits per heavy atom. The van der Waals surface area contributed by atoms with Gasteiger partial charge in [-0.1, -0.05) is 11.8 Å². The maximum atomic E-state index is 11.5. The van der Waals surface area contributed by atoms with Gasteiger partial charge in [-0.25, -0.2) is 13.4 Å². The molecule has 6 nitrogen and oxygen atoms in total. The van der Waals surface area contributed by atoms with Crippen molar-refractivity contribution in [3.8, 4) is 5.69 Å². The van der Waals surface area contributed by atoms with Crippen molar-refractivity contribution < 1.29 is 18.3 Å². The lowest BCUT2D eigenvalue weighted by Crippen LogP contribution is -2.03. The lowest BCUT2D eigenvalue weighted by atomic mass is 10.3. The molecule has 0 aliphatic heterocycles. The van der Waals surface area contributed by atoms with Crippen molar-refractivity contribution in [2.75, 3.05) is 12.0 Å². The fourth-order valence-corrected chi connectivity index (χ4v) is 3.19. The molecule has 1 aromatic heterocycles. The van der Waals surface area contributed by atoms with E-state index in [1.54, 1.807) is 22.9 Å². The van der Waals surface area contributed by atoms with Gasteiger partial charge in [0.05, 0.1) is 10.6 Å². The first-order valence-electron chi connectivity index (χ1n) is 5.98. The summed E-state index contributed by atoms with van der Waals surface area (Å²) in [5.74, 6) is -1.00. The molecular formula is C13H14N2O4S2. The normalized spacial score (nSPS) is 11.5. The number of carboxylic acids is 1. The fourth-order valence-electron chi connectivity index (χ4n) is 1.80. The predicted molar refractivity (Wildman–Crippen MR) is 79.8 cm³/mol. The molecule has 0 unspecified atom stereocenters. The maximum Gasteiger partial charge on any atom is 0.313 e. The average molecular weight is 326 g/mol. The van der Waals surface area contributed by atoms with Crippen molar-refractivity contribution in [3.63, 3.8) is 0 Å². The third-order valence-electron chi connectivity index (χ3n) is 2.75. The first kappa shape index (κ1) is 15.6. The minimum atomic E-state index is -3.24. The van der Waals surface area contributed by atoms with Crippen LogP contribution in [0.4, 0.5) is 0 Å². The second-order valence-corrected chi connectivity index (χ2v) is 7.42. The van der Waals surface area contributed by atoms with E-state index < -0.39 is 15.8 Å². The minimum absolute atomic E-state index is 0.0854. The number of carboxylic acid groups (broad SMARTS) is 1. The van der Waals surface area contributed by atoms with Crippen LogP contribution in [0.15, 0.2) is 40.5 Å². The second kappa shape index (κ2) is 5.90. The molecule has 1 heterocycles. The number of aliphatic carboxylic acids is 1. The molecule has 0 spiro atoms. The molecule has 1 N–H and O–H groups in total. The van der Waals surface area contributed by atoms with Crippen LogP contribution in [0.5, 0.6) is 0 Å². The van der Waals surface area contributed by atoms with Gasteiger partial charge in [0, 0.05) is 23.8 Å². The molecular weight excluding hydrogens is 312 g/mol. The highest BCUT2D eigenvalue weighted by molar-refractivity contribution is 7.99. The molecule has 2 aromatic rings. The van der Waals surface area contributed by atoms with Crippen LogP contribution in [0.3, 0.4) is 0 Å². The molecule has 1 aromatic carbocycles. The van der Waals surface area contributed by atoms with Crippen LogP contribution in [0.25, 0.3) is 5.69 Å². The van der Waals surface area contributed by atoms with E-state index in [1.807, 2.05) is 6.92 Å². The molecule has 0 aliphatic rings. The van der Waals surface area contributed by atoms with Crippen molar-refractivity contribution in [1.82, 2.24) is 9.55 Å². The van der Waals surface area contributed by atoms with Crippen molar-refractivity contribution in [3.05, 3.63) is 36.2 Å². The minimum Gasteiger partial charge on any atom is -0.481 e. The van der Waals surface area contributed by atoms with Crippen LogP contribution in [0.2, 0.25) is 0 Å². The van der Waals surface area contributed by atoms with Crippen LogP contribution >= 0.6 is 11.8 Å². The topological polar surface area (TPSA) is 89.3 Å². The molecule has 0 saturated heterocycles. The van der Waals surface area contributed by atoms with Crippen LogP contribution in [-0.4, -0.2) is 41.1 Å². The molecule has 2 rings (SSSR count). The number of imidazole rings is 1. The zero-order chi connectivity index (χ0) is 15.6. The van der Waals surface area contributed by atoms with E-state index in [9.17, 15) is 13.2 Å². The van der Waals surface area contributed by atoms with E-state index in [1.165, 1.54) is 12.1 Å². The first-order chi connectivity index (χ1) is 9.79. The first-order valence-corrected chi connectivity index (χ1v) is 8.86. The third-order valence-corrected chi connectivity index (χ3v) is 4.82. The number of aromatic nitrogens is 2. The number of benzene rings is 1. The van der Waals surface area contributed by atoms with Crippen LogP contribution in [-0.2, 0) is 14.6 Å². The van der Waals surface area contributed by atoms with Gasteiger partial charge < -0.3 is 5.11 Å². The highest BCUT2D eigenvalue weighted by Crippen LogP contribution is 2.24. The fraction of sp³-hybridized carbons (Fsp3) is 0.231. The SMILES string of the molecule is Cc1cnc(SCC(=O)O)n1-c1ccc(S(C)(=O)=O)cc1. The summed E-state index contributed by atoms with van der Waals surface area (Å²) >= 11 is 1.11. The molecule has 21 heavy (non-hydrogen) atoms. The number of hydrogen-bond acceptors (Lipinski definition) is 5. The molecule has 0 aliphatic carbocycles. The Morgan fingerprint density at radius 2 is 1.95 bits per heavy atom. The lowest BCUT2D eigenvalue weighted by Gasteiger charge is -2.10. The summed E-state index contributed by atoms with van der Waals surface area (Å²) in [5, 5.41) is 9.30. The number of rotatable bonds is 5. The summed E-state index contributed by atoms with van der Waals surface area (Å²) in [4.78, 5) is 15.1. The van der Waals surface area contributed by atoms with Gasteiger partial charge in [0.2, 0.25) is 0 Å². The molecule has 0 radical (unpaired) electrons. The molecule has 0 fully saturated rings. The summed E-state index contributed by atoms with van der Waals surface area (Å²) in [7, 11) is -3.24. The summed E-state index contributed by atoms with van der Waals surface area (Å²) in [6.07, 6.45) is 2.80. The molecule has 0 atom stereocenters. The Balaban J connectivity index is 2.38. The van der Waals surface area contributed by atoms with Gasteiger partial charge >= 0.3 is 5.97 Å². The molecule has 0 bridgehead atoms. The van der Waals surface area contributed by atoms with Gasteiger partial charge in [0.1, 0.15) is 0 Å². The lowest BCUT2D eigenvalue weighted by molar-refractivity contribution is -0.133. The van der Waals surface area contributed by atoms with Gasteiger partial charge in [-0.2, -0.15) is 0 Å². The third kappa shape index (κ3) is 3.64. The van der Waals surface area contributed by atoms with Crippen molar-refractivity contribution >= 4 is 27.6 Å². The second-order valence-electron chi connectivity index (χ2n) is 4.47. The summed E-state index contributed by atoms with van der Waals surface area (Å²) in [6.45, 7) is 1.85. The Labute approximate surface area is 126 Å². The van der Waals surface area contributed by atoms with E-state index in [0.717, 1.165) is 29.4 Å². The summed E-state index contributed by atoms with van der Waals surface area (Å²) in [6, 6.07) is 6.40. The Morgan fingerprint density at radius 3 is 2.48 bits per heavy atom. The summed E-state index contributed by atoms with van der Waals surface area (Å²) in [5.41, 5.74) is 1.58. The van der Waals surface area contributed by atoms with Gasteiger partial charge in [-0.3, -0.25) is 9.36 Å². The largest absolute Gasteiger partial charge is 0.481 e. The van der Waals surface area contributed by atoms with Gasteiger partial charge in [0.25, 0.3) is 0 Å². The number of carbonyl (C=O) groups is 1. The van der Waals surface area contributed by atoms with Gasteiger partial charge in [-0.15, -0.1) is 0 Å². The Kier molecular flexibility index (Phi) is 4.38. The van der Waals surface area contributed by atoms with E-state index in [0.29, 0.717) is 5.16 Å². The van der Waals surface area contributed by atoms with E-state index in [-0.39, 0.29) is 10.6 Å². The van der Waals surface area contributed by atoms with E-state index in [4.69, 9.17) is 5.11 Å². The zero-order valence-corrected chi connectivity index (χ0v) is 13.1. The predicted octanol–water partition coefficient (Wildman–Crippen LogP) is 1.76. The Hall–Kier alpha value is -1.80. The number of sulfone groups is 1. The number of nitrogens with zero attached hydrogens (tertiary/aromatic N) is 2. The monoisotopic (exact) mass is 326 g/mol. The molecule has 112 valence electrons. The average Bonchev–Trinajstić information content (AvgIpc) is 2.76. The smallest absolute Gasteiger partial charge is 0.313 e. The highest BCUT2D eigenvalue weighted by Gasteiger charge is 2.13. The quantitative estimate of drug-likeness (QED) is 0.842. The molecule has 0 amide bonds. The van der Waals surface area contributed by atoms with Crippen molar-refractivity contribution in [1.29, 1.82) is 0 Å². The molecule has 8 heteroatoms. The standard InChI is InChI=1S/C13H14N2O4S2/c1-9-7-14-13(20-8-12(16)17)15(9)10-3-5-11(6-4-10)21(2,18)19/h3-7H,8H2,1-2H3,(H,16,17). The van der Waals surface area contributed by atoms with Gasteiger partial charge in [-0.05, 0) is 31.2 Å². The molecule has 0 saturated carbocycles. The summed E-state index contributed by atoms with van der Waals surface area (Å²) < 4.78 is 24.7. The highest BCUT2D eigenvalue weighted by atomic mass is 32.2. The van der Waals surface area contributed by atoms with Crippen molar-refractivity contribution in [2.24, 2.45) is 0 Å². The van der Waals surface area contributed by atoms with E-state index in [2.05, 4.69) is 4.98 Å². The number of hydrogen-bond donors (Lipinski definition) is 1. The van der Waals surface area contributed by atoms with Crippen LogP contribution in [0, 0.1) is 6.92 Å². The number of aryl methyl sites for hydroxylation is 1. The van der Waals surface area contributed by atoms with Crippen molar-refractivity contribution in [2.45, 2.75) is 17.0 Å². The zero-order valence-electron chi connectivity index (χ0n) is 11.5. The maximum absolute atomic E-state index is 11.5.